The van der Waals surface area contributed by atoms with Crippen molar-refractivity contribution in [2.75, 3.05) is 13.7 Å². The Morgan fingerprint density at radius 1 is 1.35 bits per heavy atom. The van der Waals surface area contributed by atoms with Gasteiger partial charge in [0.25, 0.3) is 0 Å². The van der Waals surface area contributed by atoms with Crippen molar-refractivity contribution >= 4 is 5.97 Å². The van der Waals surface area contributed by atoms with E-state index in [1.807, 2.05) is 18.2 Å². The standard InChI is InChI=1S/C16H22O4/c1-19-16(18)15-8-3-2-5-12(15)9-10-20-14-7-4-6-13(17)11-14/h2-3,5,8,13-14,17H,4,6-7,9-11H2,1H3. The lowest BCUT2D eigenvalue weighted by atomic mass is 9.95. The Labute approximate surface area is 119 Å². The zero-order valence-corrected chi connectivity index (χ0v) is 11.9. The van der Waals surface area contributed by atoms with Gasteiger partial charge in [0.1, 0.15) is 0 Å². The van der Waals surface area contributed by atoms with E-state index >= 15 is 0 Å². The Morgan fingerprint density at radius 3 is 2.90 bits per heavy atom. The molecule has 4 nitrogen and oxygen atoms in total. The van der Waals surface area contributed by atoms with Crippen molar-refractivity contribution in [2.45, 2.75) is 44.3 Å². The first-order chi connectivity index (χ1) is 9.70. The second-order valence-corrected chi connectivity index (χ2v) is 5.21. The molecular weight excluding hydrogens is 256 g/mol. The van der Waals surface area contributed by atoms with E-state index in [1.165, 1.54) is 7.11 Å². The number of esters is 1. The van der Waals surface area contributed by atoms with Crippen LogP contribution in [0.3, 0.4) is 0 Å². The van der Waals surface area contributed by atoms with E-state index in [9.17, 15) is 9.90 Å². The molecule has 0 radical (unpaired) electrons. The maximum Gasteiger partial charge on any atom is 0.338 e. The number of rotatable bonds is 5. The van der Waals surface area contributed by atoms with Crippen LogP contribution in [0.25, 0.3) is 0 Å². The van der Waals surface area contributed by atoms with Crippen LogP contribution in [0.4, 0.5) is 0 Å². The van der Waals surface area contributed by atoms with E-state index in [1.54, 1.807) is 6.07 Å². The van der Waals surface area contributed by atoms with Crippen molar-refractivity contribution in [3.8, 4) is 0 Å². The molecule has 2 rings (SSSR count). The Kier molecular flexibility index (Phi) is 5.56. The smallest absolute Gasteiger partial charge is 0.338 e. The molecule has 1 fully saturated rings. The predicted octanol–water partition coefficient (Wildman–Crippen LogP) is 2.34. The highest BCUT2D eigenvalue weighted by Crippen LogP contribution is 2.21. The molecule has 110 valence electrons. The fourth-order valence-corrected chi connectivity index (χ4v) is 2.65. The van der Waals surface area contributed by atoms with E-state index in [4.69, 9.17) is 9.47 Å². The first-order valence-electron chi connectivity index (χ1n) is 7.16. The van der Waals surface area contributed by atoms with Crippen LogP contribution in [0.15, 0.2) is 24.3 Å². The molecule has 1 N–H and O–H groups in total. The maximum absolute atomic E-state index is 11.6. The predicted molar refractivity (Wildman–Crippen MR) is 75.7 cm³/mol. The molecule has 0 spiro atoms. The van der Waals surface area contributed by atoms with Crippen LogP contribution in [-0.2, 0) is 15.9 Å². The molecule has 0 heterocycles. The molecule has 1 aromatic rings. The maximum atomic E-state index is 11.6. The van der Waals surface area contributed by atoms with Crippen LogP contribution in [0, 0.1) is 0 Å². The third-order valence-electron chi connectivity index (χ3n) is 3.75. The summed E-state index contributed by atoms with van der Waals surface area (Å²) in [6.45, 7) is 0.561. The van der Waals surface area contributed by atoms with Gasteiger partial charge in [-0.1, -0.05) is 18.2 Å². The highest BCUT2D eigenvalue weighted by atomic mass is 16.5. The first-order valence-corrected chi connectivity index (χ1v) is 7.16. The molecule has 1 saturated carbocycles. The fourth-order valence-electron chi connectivity index (χ4n) is 2.65. The van der Waals surface area contributed by atoms with E-state index in [0.29, 0.717) is 18.6 Å². The van der Waals surface area contributed by atoms with Gasteiger partial charge < -0.3 is 14.6 Å². The zero-order chi connectivity index (χ0) is 14.4. The van der Waals surface area contributed by atoms with Gasteiger partial charge in [0.15, 0.2) is 0 Å². The van der Waals surface area contributed by atoms with Crippen LogP contribution < -0.4 is 0 Å². The van der Waals surface area contributed by atoms with Gasteiger partial charge in [-0.3, -0.25) is 0 Å². The van der Waals surface area contributed by atoms with Gasteiger partial charge >= 0.3 is 5.97 Å². The third-order valence-corrected chi connectivity index (χ3v) is 3.75. The topological polar surface area (TPSA) is 55.8 Å². The monoisotopic (exact) mass is 278 g/mol. The van der Waals surface area contributed by atoms with Crippen LogP contribution in [0.2, 0.25) is 0 Å². The number of hydrogen-bond acceptors (Lipinski definition) is 4. The molecule has 20 heavy (non-hydrogen) atoms. The lowest BCUT2D eigenvalue weighted by molar-refractivity contribution is -0.0132. The Hall–Kier alpha value is -1.39. The van der Waals surface area contributed by atoms with Gasteiger partial charge in [0.05, 0.1) is 31.5 Å². The van der Waals surface area contributed by atoms with Crippen molar-refractivity contribution in [1.82, 2.24) is 0 Å². The summed E-state index contributed by atoms with van der Waals surface area (Å²) >= 11 is 0. The molecule has 0 aliphatic heterocycles. The summed E-state index contributed by atoms with van der Waals surface area (Å²) in [4.78, 5) is 11.6. The summed E-state index contributed by atoms with van der Waals surface area (Å²) in [5, 5.41) is 9.60. The number of aliphatic hydroxyl groups excluding tert-OH is 1. The van der Waals surface area contributed by atoms with Gasteiger partial charge in [-0.05, 0) is 43.7 Å². The molecule has 4 heteroatoms. The second kappa shape index (κ2) is 7.41. The summed E-state index contributed by atoms with van der Waals surface area (Å²) in [5.74, 6) is -0.311. The van der Waals surface area contributed by atoms with Crippen molar-refractivity contribution in [3.63, 3.8) is 0 Å². The van der Waals surface area contributed by atoms with Gasteiger partial charge in [0.2, 0.25) is 0 Å². The van der Waals surface area contributed by atoms with E-state index in [-0.39, 0.29) is 18.2 Å². The Balaban J connectivity index is 1.86. The molecule has 1 aliphatic rings. The number of carbonyl (C=O) groups excluding carboxylic acids is 1. The van der Waals surface area contributed by atoms with Crippen molar-refractivity contribution < 1.29 is 19.4 Å². The van der Waals surface area contributed by atoms with Gasteiger partial charge in [-0.25, -0.2) is 4.79 Å². The van der Waals surface area contributed by atoms with Crippen LogP contribution in [0.1, 0.15) is 41.6 Å². The summed E-state index contributed by atoms with van der Waals surface area (Å²) in [6, 6.07) is 7.43. The van der Waals surface area contributed by atoms with Gasteiger partial charge in [-0.2, -0.15) is 0 Å². The molecule has 2 atom stereocenters. The van der Waals surface area contributed by atoms with Crippen LogP contribution >= 0.6 is 0 Å². The van der Waals surface area contributed by atoms with Crippen LogP contribution in [-0.4, -0.2) is 37.0 Å². The van der Waals surface area contributed by atoms with Gasteiger partial charge in [-0.15, -0.1) is 0 Å². The highest BCUT2D eigenvalue weighted by Gasteiger charge is 2.20. The molecule has 0 saturated heterocycles. The summed E-state index contributed by atoms with van der Waals surface area (Å²) in [7, 11) is 1.39. The molecule has 0 bridgehead atoms. The minimum atomic E-state index is -0.311. The third kappa shape index (κ3) is 4.05. The molecular formula is C16H22O4. The van der Waals surface area contributed by atoms with E-state index in [2.05, 4.69) is 0 Å². The number of aliphatic hydroxyl groups is 1. The number of hydrogen-bond donors (Lipinski definition) is 1. The highest BCUT2D eigenvalue weighted by molar-refractivity contribution is 5.90. The quantitative estimate of drug-likeness (QED) is 0.840. The Morgan fingerprint density at radius 2 is 2.15 bits per heavy atom. The Bertz CT molecular complexity index is 444. The largest absolute Gasteiger partial charge is 0.465 e. The summed E-state index contributed by atoms with van der Waals surface area (Å²) in [6.07, 6.45) is 4.22. The number of benzene rings is 1. The number of methoxy groups -OCH3 is 1. The molecule has 0 amide bonds. The number of carbonyl (C=O) groups is 1. The van der Waals surface area contributed by atoms with Crippen molar-refractivity contribution in [2.24, 2.45) is 0 Å². The average molecular weight is 278 g/mol. The fraction of sp³-hybridized carbons (Fsp3) is 0.562. The molecule has 2 unspecified atom stereocenters. The minimum absolute atomic E-state index is 0.143. The van der Waals surface area contributed by atoms with E-state index in [0.717, 1.165) is 31.2 Å². The lowest BCUT2D eigenvalue weighted by Gasteiger charge is -2.26. The number of ether oxygens (including phenoxy) is 2. The van der Waals surface area contributed by atoms with Gasteiger partial charge in [0, 0.05) is 0 Å². The molecule has 1 aromatic carbocycles. The average Bonchev–Trinajstić information content (AvgIpc) is 2.47. The van der Waals surface area contributed by atoms with E-state index < -0.39 is 0 Å². The summed E-state index contributed by atoms with van der Waals surface area (Å²) in [5.41, 5.74) is 1.54. The zero-order valence-electron chi connectivity index (χ0n) is 11.9. The first kappa shape index (κ1) is 15.0. The van der Waals surface area contributed by atoms with Crippen molar-refractivity contribution in [3.05, 3.63) is 35.4 Å². The normalized spacial score (nSPS) is 22.5. The second-order valence-electron chi connectivity index (χ2n) is 5.21. The lowest BCUT2D eigenvalue weighted by Crippen LogP contribution is -2.26. The molecule has 0 aromatic heterocycles. The molecule has 1 aliphatic carbocycles. The minimum Gasteiger partial charge on any atom is -0.465 e. The van der Waals surface area contributed by atoms with Crippen LogP contribution in [0.5, 0.6) is 0 Å². The summed E-state index contributed by atoms with van der Waals surface area (Å²) < 4.78 is 10.6. The SMILES string of the molecule is COC(=O)c1ccccc1CCOC1CCCC(O)C1. The van der Waals surface area contributed by atoms with Crippen molar-refractivity contribution in [1.29, 1.82) is 0 Å².